The second-order valence-corrected chi connectivity index (χ2v) is 3.25. The molecule has 0 aromatic heterocycles. The number of allylic oxidation sites excluding steroid dienone is 2. The lowest BCUT2D eigenvalue weighted by Crippen LogP contribution is -1.94. The van der Waals surface area contributed by atoms with Gasteiger partial charge in [-0.3, -0.25) is 4.79 Å². The lowest BCUT2D eigenvalue weighted by molar-refractivity contribution is -0.104. The Morgan fingerprint density at radius 3 is 2.64 bits per heavy atom. The Labute approximate surface area is 69.5 Å². The van der Waals surface area contributed by atoms with Gasteiger partial charge in [0, 0.05) is 0 Å². The van der Waals surface area contributed by atoms with Crippen LogP contribution in [0, 0.1) is 5.92 Å². The van der Waals surface area contributed by atoms with Crippen LogP contribution in [0.2, 0.25) is 0 Å². The first kappa shape index (κ1) is 10.4. The molecule has 0 aliphatic heterocycles. The fraction of sp³-hybridized carbons (Fsp3) is 0.700. The van der Waals surface area contributed by atoms with Crippen molar-refractivity contribution in [2.45, 2.75) is 40.0 Å². The fourth-order valence-corrected chi connectivity index (χ4v) is 1.33. The minimum absolute atomic E-state index is 0.719. The first-order valence-electron chi connectivity index (χ1n) is 4.31. The number of rotatable bonds is 5. The van der Waals surface area contributed by atoms with Gasteiger partial charge in [-0.15, -0.1) is 0 Å². The minimum Gasteiger partial charge on any atom is -0.299 e. The Balaban J connectivity index is 3.64. The van der Waals surface area contributed by atoms with Gasteiger partial charge in [0.1, 0.15) is 6.29 Å². The number of aldehydes is 1. The molecule has 0 bridgehead atoms. The maximum Gasteiger partial charge on any atom is 0.142 e. The third-order valence-corrected chi connectivity index (χ3v) is 1.80. The van der Waals surface area contributed by atoms with Gasteiger partial charge in [0.25, 0.3) is 0 Å². The molecule has 11 heavy (non-hydrogen) atoms. The van der Waals surface area contributed by atoms with E-state index in [1.165, 1.54) is 18.4 Å². The van der Waals surface area contributed by atoms with Gasteiger partial charge in [-0.1, -0.05) is 32.3 Å². The standard InChI is InChI=1S/C10H18O/c1-4-5-9(2)8-10(3)6-7-11/h6-7,9H,4-5,8H2,1-3H3. The van der Waals surface area contributed by atoms with Crippen molar-refractivity contribution in [3.8, 4) is 0 Å². The third-order valence-electron chi connectivity index (χ3n) is 1.80. The lowest BCUT2D eigenvalue weighted by Gasteiger charge is -2.08. The predicted octanol–water partition coefficient (Wildman–Crippen LogP) is 2.96. The first-order valence-corrected chi connectivity index (χ1v) is 4.31. The third kappa shape index (κ3) is 5.84. The molecule has 0 amide bonds. The molecule has 0 spiro atoms. The highest BCUT2D eigenvalue weighted by molar-refractivity contribution is 5.65. The summed E-state index contributed by atoms with van der Waals surface area (Å²) in [6.07, 6.45) is 6.08. The first-order chi connectivity index (χ1) is 5.20. The van der Waals surface area contributed by atoms with Crippen molar-refractivity contribution in [1.82, 2.24) is 0 Å². The summed E-state index contributed by atoms with van der Waals surface area (Å²) in [6, 6.07) is 0. The quantitative estimate of drug-likeness (QED) is 0.439. The van der Waals surface area contributed by atoms with Gasteiger partial charge < -0.3 is 0 Å². The summed E-state index contributed by atoms with van der Waals surface area (Å²) in [5, 5.41) is 0. The topological polar surface area (TPSA) is 17.1 Å². The molecule has 1 unspecified atom stereocenters. The summed E-state index contributed by atoms with van der Waals surface area (Å²) in [6.45, 7) is 6.43. The van der Waals surface area contributed by atoms with Gasteiger partial charge >= 0.3 is 0 Å². The molecule has 0 N–H and O–H groups in total. The lowest BCUT2D eigenvalue weighted by atomic mass is 9.98. The zero-order valence-corrected chi connectivity index (χ0v) is 7.76. The summed E-state index contributed by atoms with van der Waals surface area (Å²) < 4.78 is 0. The molecule has 0 aromatic carbocycles. The van der Waals surface area contributed by atoms with Gasteiger partial charge in [0.2, 0.25) is 0 Å². The van der Waals surface area contributed by atoms with Gasteiger partial charge in [-0.2, -0.15) is 0 Å². The van der Waals surface area contributed by atoms with Gasteiger partial charge in [0.05, 0.1) is 0 Å². The normalized spacial score (nSPS) is 14.6. The monoisotopic (exact) mass is 154 g/mol. The molecule has 0 rings (SSSR count). The summed E-state index contributed by atoms with van der Waals surface area (Å²) in [5.41, 5.74) is 1.20. The van der Waals surface area contributed by atoms with Crippen LogP contribution in [0.4, 0.5) is 0 Å². The Bertz CT molecular complexity index is 136. The summed E-state index contributed by atoms with van der Waals surface area (Å²) in [5.74, 6) is 0.719. The summed E-state index contributed by atoms with van der Waals surface area (Å²) in [7, 11) is 0. The molecular weight excluding hydrogens is 136 g/mol. The maximum absolute atomic E-state index is 10.1. The highest BCUT2D eigenvalue weighted by Crippen LogP contribution is 2.14. The zero-order valence-electron chi connectivity index (χ0n) is 7.76. The smallest absolute Gasteiger partial charge is 0.142 e. The van der Waals surface area contributed by atoms with Crippen molar-refractivity contribution in [1.29, 1.82) is 0 Å². The van der Waals surface area contributed by atoms with E-state index in [4.69, 9.17) is 0 Å². The van der Waals surface area contributed by atoms with Crippen molar-refractivity contribution in [2.24, 2.45) is 5.92 Å². The van der Waals surface area contributed by atoms with E-state index in [0.29, 0.717) is 0 Å². The van der Waals surface area contributed by atoms with Crippen molar-refractivity contribution < 1.29 is 4.79 Å². The number of carbonyl (C=O) groups excluding carboxylic acids is 1. The van der Waals surface area contributed by atoms with E-state index < -0.39 is 0 Å². The van der Waals surface area contributed by atoms with Gasteiger partial charge in [-0.05, 0) is 25.3 Å². The number of hydrogen-bond acceptors (Lipinski definition) is 1. The highest BCUT2D eigenvalue weighted by Gasteiger charge is 2.00. The fourth-order valence-electron chi connectivity index (χ4n) is 1.33. The molecule has 1 atom stereocenters. The molecule has 1 nitrogen and oxygen atoms in total. The van der Waals surface area contributed by atoms with E-state index in [1.54, 1.807) is 6.08 Å². The van der Waals surface area contributed by atoms with E-state index >= 15 is 0 Å². The summed E-state index contributed by atoms with van der Waals surface area (Å²) >= 11 is 0. The van der Waals surface area contributed by atoms with Gasteiger partial charge in [0.15, 0.2) is 0 Å². The molecule has 0 aliphatic rings. The second kappa shape index (κ2) is 6.14. The van der Waals surface area contributed by atoms with Crippen molar-refractivity contribution in [2.75, 3.05) is 0 Å². The maximum atomic E-state index is 10.1. The van der Waals surface area contributed by atoms with Crippen LogP contribution in [-0.2, 0) is 4.79 Å². The largest absolute Gasteiger partial charge is 0.299 e. The van der Waals surface area contributed by atoms with Crippen LogP contribution in [-0.4, -0.2) is 6.29 Å². The second-order valence-electron chi connectivity index (χ2n) is 3.25. The molecule has 1 heteroatoms. The zero-order chi connectivity index (χ0) is 8.69. The van der Waals surface area contributed by atoms with Crippen molar-refractivity contribution in [3.05, 3.63) is 11.6 Å². The Morgan fingerprint density at radius 1 is 1.55 bits per heavy atom. The highest BCUT2D eigenvalue weighted by atomic mass is 16.1. The van der Waals surface area contributed by atoms with Crippen LogP contribution in [0.25, 0.3) is 0 Å². The number of hydrogen-bond donors (Lipinski definition) is 0. The minimum atomic E-state index is 0.719. The van der Waals surface area contributed by atoms with Crippen LogP contribution in [0.5, 0.6) is 0 Å². The van der Waals surface area contributed by atoms with Crippen LogP contribution in [0.15, 0.2) is 11.6 Å². The van der Waals surface area contributed by atoms with Crippen LogP contribution < -0.4 is 0 Å². The molecule has 0 radical (unpaired) electrons. The average Bonchev–Trinajstić information content (AvgIpc) is 1.87. The van der Waals surface area contributed by atoms with Crippen molar-refractivity contribution in [3.63, 3.8) is 0 Å². The van der Waals surface area contributed by atoms with E-state index in [-0.39, 0.29) is 0 Å². The summed E-state index contributed by atoms with van der Waals surface area (Å²) in [4.78, 5) is 10.1. The van der Waals surface area contributed by atoms with Crippen LogP contribution in [0.3, 0.4) is 0 Å². The van der Waals surface area contributed by atoms with E-state index in [0.717, 1.165) is 18.6 Å². The molecular formula is C10H18O. The molecule has 0 saturated heterocycles. The van der Waals surface area contributed by atoms with Crippen LogP contribution in [0.1, 0.15) is 40.0 Å². The molecule has 0 heterocycles. The van der Waals surface area contributed by atoms with Crippen LogP contribution >= 0.6 is 0 Å². The molecule has 64 valence electrons. The van der Waals surface area contributed by atoms with E-state index in [1.807, 2.05) is 6.92 Å². The Morgan fingerprint density at radius 2 is 2.18 bits per heavy atom. The van der Waals surface area contributed by atoms with Gasteiger partial charge in [-0.25, -0.2) is 0 Å². The average molecular weight is 154 g/mol. The molecule has 0 fully saturated rings. The molecule has 0 aromatic rings. The predicted molar refractivity (Wildman–Crippen MR) is 48.5 cm³/mol. The Kier molecular flexibility index (Phi) is 5.81. The Hall–Kier alpha value is -0.590. The molecule has 0 saturated carbocycles. The van der Waals surface area contributed by atoms with E-state index in [2.05, 4.69) is 13.8 Å². The molecule has 0 aliphatic carbocycles. The van der Waals surface area contributed by atoms with E-state index in [9.17, 15) is 4.79 Å². The van der Waals surface area contributed by atoms with Crippen molar-refractivity contribution >= 4 is 6.29 Å². The number of carbonyl (C=O) groups is 1. The SMILES string of the molecule is CCCC(C)CC(C)=CC=O.